The number of fused-ring (bicyclic) bond motifs is 1. The van der Waals surface area contributed by atoms with Gasteiger partial charge in [0.05, 0.1) is 7.05 Å². The van der Waals surface area contributed by atoms with E-state index in [1.165, 1.54) is 38.5 Å². The number of hydrogen-bond donors (Lipinski definition) is 1. The van der Waals surface area contributed by atoms with Gasteiger partial charge in [-0.15, -0.1) is 0 Å². The number of nitrogens with zero attached hydrogens (tertiary/aromatic N) is 2. The maximum atomic E-state index is 10.4. The average molecular weight is 289 g/mol. The molecular formula is C18H29N2O+. The molecule has 0 spiro atoms. The maximum absolute atomic E-state index is 10.4. The first-order chi connectivity index (χ1) is 10.2. The second-order valence-electron chi connectivity index (χ2n) is 6.01. The van der Waals surface area contributed by atoms with E-state index >= 15 is 0 Å². The van der Waals surface area contributed by atoms with Crippen LogP contribution in [0.1, 0.15) is 64.5 Å². The molecule has 1 atom stereocenters. The van der Waals surface area contributed by atoms with Crippen LogP contribution in [0.25, 0.3) is 11.0 Å². The van der Waals surface area contributed by atoms with E-state index in [1.54, 1.807) is 0 Å². The summed E-state index contributed by atoms with van der Waals surface area (Å²) in [4.78, 5) is 0. The lowest BCUT2D eigenvalue weighted by molar-refractivity contribution is -0.646. The minimum atomic E-state index is -0.410. The number of para-hydroxylation sites is 2. The first-order valence-electron chi connectivity index (χ1n) is 8.37. The quantitative estimate of drug-likeness (QED) is 0.546. The van der Waals surface area contributed by atoms with Crippen LogP contribution in [0.3, 0.4) is 0 Å². The van der Waals surface area contributed by atoms with Crippen LogP contribution in [0.4, 0.5) is 0 Å². The van der Waals surface area contributed by atoms with E-state index in [2.05, 4.69) is 23.6 Å². The summed E-state index contributed by atoms with van der Waals surface area (Å²) in [6.45, 7) is 2.25. The van der Waals surface area contributed by atoms with Crippen molar-refractivity contribution in [1.29, 1.82) is 0 Å². The van der Waals surface area contributed by atoms with E-state index in [9.17, 15) is 5.11 Å². The van der Waals surface area contributed by atoms with Crippen molar-refractivity contribution in [2.45, 2.75) is 64.5 Å². The number of rotatable bonds is 9. The molecule has 0 aliphatic carbocycles. The predicted octanol–water partition coefficient (Wildman–Crippen LogP) is 4.10. The number of unbranched alkanes of at least 4 members (excludes halogenated alkanes) is 6. The van der Waals surface area contributed by atoms with Gasteiger partial charge < -0.3 is 5.11 Å². The molecule has 0 aliphatic heterocycles. The molecule has 2 rings (SSSR count). The van der Waals surface area contributed by atoms with Crippen LogP contribution in [0, 0.1) is 0 Å². The minimum absolute atomic E-state index is 0.410. The van der Waals surface area contributed by atoms with Crippen molar-refractivity contribution < 1.29 is 9.67 Å². The molecule has 0 aliphatic rings. The van der Waals surface area contributed by atoms with Crippen LogP contribution >= 0.6 is 0 Å². The Bertz CT molecular complexity index is 547. The zero-order valence-corrected chi connectivity index (χ0v) is 13.5. The van der Waals surface area contributed by atoms with E-state index in [0.717, 1.165) is 23.9 Å². The Morgan fingerprint density at radius 2 is 1.71 bits per heavy atom. The second kappa shape index (κ2) is 8.18. The predicted molar refractivity (Wildman–Crippen MR) is 87.0 cm³/mol. The molecule has 1 N–H and O–H groups in total. The standard InChI is InChI=1S/C18H29N2O/c1-3-4-5-6-7-8-9-14-18(21)20-15-19(2)16-12-10-11-13-17(16)20/h10-13,15,18,21H,3-9,14H2,1-2H3/q+1. The van der Waals surface area contributed by atoms with Gasteiger partial charge in [0.1, 0.15) is 0 Å². The molecule has 1 aromatic carbocycles. The normalized spacial score (nSPS) is 12.9. The number of aryl methyl sites for hydroxylation is 1. The fraction of sp³-hybridized carbons (Fsp3) is 0.611. The third kappa shape index (κ3) is 4.31. The SMILES string of the molecule is CCCCCCCCCC(O)n1c[n+](C)c2ccccc21. The van der Waals surface area contributed by atoms with Crippen molar-refractivity contribution in [1.82, 2.24) is 4.57 Å². The van der Waals surface area contributed by atoms with E-state index in [1.807, 2.05) is 30.1 Å². The summed E-state index contributed by atoms with van der Waals surface area (Å²) < 4.78 is 4.07. The molecule has 0 bridgehead atoms. The van der Waals surface area contributed by atoms with E-state index < -0.39 is 6.23 Å². The molecule has 1 heterocycles. The average Bonchev–Trinajstić information content (AvgIpc) is 2.84. The Kier molecular flexibility index (Phi) is 6.24. The molecule has 0 saturated heterocycles. The number of imidazole rings is 1. The highest BCUT2D eigenvalue weighted by Crippen LogP contribution is 2.19. The smallest absolute Gasteiger partial charge is 0.246 e. The summed E-state index contributed by atoms with van der Waals surface area (Å²) in [5.41, 5.74) is 2.27. The van der Waals surface area contributed by atoms with Gasteiger partial charge in [0.25, 0.3) is 0 Å². The van der Waals surface area contributed by atoms with Crippen molar-refractivity contribution >= 4 is 11.0 Å². The number of benzene rings is 1. The van der Waals surface area contributed by atoms with Gasteiger partial charge in [0.15, 0.2) is 17.3 Å². The van der Waals surface area contributed by atoms with E-state index in [4.69, 9.17) is 0 Å². The van der Waals surface area contributed by atoms with Crippen LogP contribution in [-0.2, 0) is 7.05 Å². The molecule has 0 amide bonds. The minimum Gasteiger partial charge on any atom is -0.355 e. The van der Waals surface area contributed by atoms with Crippen LogP contribution in [0.15, 0.2) is 30.6 Å². The lowest BCUT2D eigenvalue weighted by Crippen LogP contribution is -2.25. The molecule has 0 fully saturated rings. The Morgan fingerprint density at radius 3 is 2.48 bits per heavy atom. The van der Waals surface area contributed by atoms with Gasteiger partial charge in [-0.2, -0.15) is 0 Å². The molecule has 0 saturated carbocycles. The molecule has 1 aromatic heterocycles. The van der Waals surface area contributed by atoms with Crippen LogP contribution in [-0.4, -0.2) is 9.67 Å². The van der Waals surface area contributed by atoms with Gasteiger partial charge >= 0.3 is 0 Å². The number of aliphatic hydroxyl groups excluding tert-OH is 1. The van der Waals surface area contributed by atoms with Crippen LogP contribution < -0.4 is 4.57 Å². The summed E-state index contributed by atoms with van der Waals surface area (Å²) in [7, 11) is 2.03. The molecule has 3 nitrogen and oxygen atoms in total. The number of aromatic nitrogens is 2. The zero-order valence-electron chi connectivity index (χ0n) is 13.5. The lowest BCUT2D eigenvalue weighted by Gasteiger charge is -2.07. The molecule has 3 heteroatoms. The summed E-state index contributed by atoms with van der Waals surface area (Å²) in [6, 6.07) is 8.23. The molecule has 1 unspecified atom stereocenters. The van der Waals surface area contributed by atoms with Gasteiger partial charge in [-0.25, -0.2) is 9.13 Å². The van der Waals surface area contributed by atoms with E-state index in [0.29, 0.717) is 0 Å². The van der Waals surface area contributed by atoms with Crippen molar-refractivity contribution in [2.75, 3.05) is 0 Å². The first kappa shape index (κ1) is 16.0. The van der Waals surface area contributed by atoms with Crippen molar-refractivity contribution in [3.05, 3.63) is 30.6 Å². The molecule has 116 valence electrons. The number of aliphatic hydroxyl groups is 1. The molecule has 0 radical (unpaired) electrons. The summed E-state index contributed by atoms with van der Waals surface area (Å²) >= 11 is 0. The molecule has 21 heavy (non-hydrogen) atoms. The van der Waals surface area contributed by atoms with Crippen molar-refractivity contribution in [3.8, 4) is 0 Å². The first-order valence-corrected chi connectivity index (χ1v) is 8.37. The Labute approximate surface area is 128 Å². The molecule has 2 aromatic rings. The Morgan fingerprint density at radius 1 is 1.05 bits per heavy atom. The van der Waals surface area contributed by atoms with Crippen LogP contribution in [0.2, 0.25) is 0 Å². The highest BCUT2D eigenvalue weighted by atomic mass is 16.3. The third-order valence-electron chi connectivity index (χ3n) is 4.22. The third-order valence-corrected chi connectivity index (χ3v) is 4.22. The van der Waals surface area contributed by atoms with Gasteiger partial charge in [-0.3, -0.25) is 0 Å². The van der Waals surface area contributed by atoms with Gasteiger partial charge in [-0.05, 0) is 18.6 Å². The summed E-state index contributed by atoms with van der Waals surface area (Å²) in [5.74, 6) is 0. The fourth-order valence-electron chi connectivity index (χ4n) is 2.95. The highest BCUT2D eigenvalue weighted by Gasteiger charge is 2.18. The lowest BCUT2D eigenvalue weighted by atomic mass is 10.1. The van der Waals surface area contributed by atoms with Crippen molar-refractivity contribution in [2.24, 2.45) is 7.05 Å². The van der Waals surface area contributed by atoms with E-state index in [-0.39, 0.29) is 0 Å². The fourth-order valence-corrected chi connectivity index (χ4v) is 2.95. The molecular weight excluding hydrogens is 260 g/mol. The van der Waals surface area contributed by atoms with Gasteiger partial charge in [-0.1, -0.05) is 57.6 Å². The largest absolute Gasteiger partial charge is 0.355 e. The summed E-state index contributed by atoms with van der Waals surface area (Å²) in [5, 5.41) is 10.4. The monoisotopic (exact) mass is 289 g/mol. The van der Waals surface area contributed by atoms with Crippen molar-refractivity contribution in [3.63, 3.8) is 0 Å². The number of hydrogen-bond acceptors (Lipinski definition) is 1. The highest BCUT2D eigenvalue weighted by molar-refractivity contribution is 5.71. The Balaban J connectivity index is 1.81. The van der Waals surface area contributed by atoms with Crippen LogP contribution in [0.5, 0.6) is 0 Å². The van der Waals surface area contributed by atoms with Gasteiger partial charge in [0, 0.05) is 6.42 Å². The maximum Gasteiger partial charge on any atom is 0.246 e. The zero-order chi connectivity index (χ0) is 15.1. The Hall–Kier alpha value is -1.35. The van der Waals surface area contributed by atoms with Gasteiger partial charge in [0.2, 0.25) is 6.33 Å². The summed E-state index contributed by atoms with van der Waals surface area (Å²) in [6.07, 6.45) is 11.4. The second-order valence-corrected chi connectivity index (χ2v) is 6.01. The topological polar surface area (TPSA) is 29.0 Å².